The number of hydrogen-bond acceptors (Lipinski definition) is 2. The maximum Gasteiger partial charge on any atom is 0.103 e. The maximum atomic E-state index is 5.68. The van der Waals surface area contributed by atoms with Crippen molar-refractivity contribution >= 4 is 17.2 Å². The van der Waals surface area contributed by atoms with E-state index < -0.39 is 0 Å². The highest BCUT2D eigenvalue weighted by Crippen LogP contribution is 2.16. The molecule has 0 radical (unpaired) electrons. The van der Waals surface area contributed by atoms with Gasteiger partial charge >= 0.3 is 0 Å². The van der Waals surface area contributed by atoms with Gasteiger partial charge in [0.2, 0.25) is 0 Å². The summed E-state index contributed by atoms with van der Waals surface area (Å²) >= 11 is 5.03. The Balaban J connectivity index is 2.75. The van der Waals surface area contributed by atoms with Crippen molar-refractivity contribution in [1.29, 1.82) is 0 Å². The lowest BCUT2D eigenvalue weighted by molar-refractivity contribution is 0.208. The van der Waals surface area contributed by atoms with E-state index in [2.05, 4.69) is 44.7 Å². The average Bonchev–Trinajstić information content (AvgIpc) is 2.39. The van der Waals surface area contributed by atoms with E-state index in [0.717, 1.165) is 12.1 Å². The molecule has 20 heavy (non-hydrogen) atoms. The van der Waals surface area contributed by atoms with Crippen molar-refractivity contribution in [2.24, 2.45) is 5.73 Å². The van der Waals surface area contributed by atoms with E-state index in [0.29, 0.717) is 11.0 Å². The number of rotatable bonds is 8. The minimum absolute atomic E-state index is 0.475. The monoisotopic (exact) mass is 292 g/mol. The predicted molar refractivity (Wildman–Crippen MR) is 92.1 cm³/mol. The topological polar surface area (TPSA) is 29.3 Å². The minimum Gasteiger partial charge on any atom is -0.389 e. The van der Waals surface area contributed by atoms with Crippen LogP contribution in [0.4, 0.5) is 0 Å². The van der Waals surface area contributed by atoms with Crippen molar-refractivity contribution in [3.8, 4) is 0 Å². The molecule has 1 aromatic carbocycles. The van der Waals surface area contributed by atoms with Crippen LogP contribution in [0.3, 0.4) is 0 Å². The smallest absolute Gasteiger partial charge is 0.103 e. The lowest BCUT2D eigenvalue weighted by Crippen LogP contribution is -2.31. The molecule has 0 atom stereocenters. The number of nitrogens with two attached hydrogens (primary N) is 1. The zero-order valence-corrected chi connectivity index (χ0v) is 14.1. The summed E-state index contributed by atoms with van der Waals surface area (Å²) in [6, 6.07) is 6.87. The van der Waals surface area contributed by atoms with Crippen LogP contribution in [-0.4, -0.2) is 22.5 Å². The number of benzene rings is 1. The highest BCUT2D eigenvalue weighted by atomic mass is 32.1. The summed E-state index contributed by atoms with van der Waals surface area (Å²) < 4.78 is 0. The minimum atomic E-state index is 0.475. The molecule has 0 saturated carbocycles. The van der Waals surface area contributed by atoms with E-state index >= 15 is 0 Å². The first-order valence-electron chi connectivity index (χ1n) is 7.59. The van der Waals surface area contributed by atoms with Gasteiger partial charge in [-0.2, -0.15) is 0 Å². The van der Waals surface area contributed by atoms with E-state index in [1.165, 1.54) is 36.9 Å². The Morgan fingerprint density at radius 1 is 1.30 bits per heavy atom. The second kappa shape index (κ2) is 8.38. The van der Waals surface area contributed by atoms with Gasteiger partial charge in [0.05, 0.1) is 0 Å². The number of unbranched alkanes of at least 4 members (excludes halogenated alkanes) is 2. The molecule has 0 aliphatic carbocycles. The van der Waals surface area contributed by atoms with Gasteiger partial charge in [-0.05, 0) is 50.9 Å². The molecule has 1 rings (SSSR count). The fraction of sp³-hybridized carbons (Fsp3) is 0.588. The molecule has 3 heteroatoms. The van der Waals surface area contributed by atoms with Gasteiger partial charge < -0.3 is 5.73 Å². The Bertz CT molecular complexity index is 441. The van der Waals surface area contributed by atoms with Crippen molar-refractivity contribution in [1.82, 2.24) is 4.90 Å². The van der Waals surface area contributed by atoms with Crippen LogP contribution in [0.15, 0.2) is 18.2 Å². The number of thiocarbonyl (C=S) groups is 1. The van der Waals surface area contributed by atoms with Crippen molar-refractivity contribution in [3.05, 3.63) is 34.9 Å². The zero-order chi connectivity index (χ0) is 15.1. The van der Waals surface area contributed by atoms with Crippen LogP contribution < -0.4 is 5.73 Å². The molecule has 0 heterocycles. The summed E-state index contributed by atoms with van der Waals surface area (Å²) in [5, 5.41) is 0. The highest BCUT2D eigenvalue weighted by molar-refractivity contribution is 7.80. The zero-order valence-electron chi connectivity index (χ0n) is 13.3. The Labute approximate surface area is 129 Å². The molecule has 0 bridgehead atoms. The summed E-state index contributed by atoms with van der Waals surface area (Å²) in [5.74, 6) is 0. The van der Waals surface area contributed by atoms with Gasteiger partial charge in [0.1, 0.15) is 4.99 Å². The first-order chi connectivity index (χ1) is 9.45. The van der Waals surface area contributed by atoms with E-state index in [1.54, 1.807) is 0 Å². The van der Waals surface area contributed by atoms with Gasteiger partial charge in [0.15, 0.2) is 0 Å². The maximum absolute atomic E-state index is 5.68. The third kappa shape index (κ3) is 5.22. The van der Waals surface area contributed by atoms with E-state index in [-0.39, 0.29) is 0 Å². The van der Waals surface area contributed by atoms with Crippen LogP contribution in [0.5, 0.6) is 0 Å². The lowest BCUT2D eigenvalue weighted by atomic mass is 10.0. The molecule has 112 valence electrons. The molecule has 1 aromatic rings. The Morgan fingerprint density at radius 3 is 2.50 bits per heavy atom. The van der Waals surface area contributed by atoms with Crippen LogP contribution in [0, 0.1) is 6.92 Å². The van der Waals surface area contributed by atoms with Gasteiger partial charge in [-0.1, -0.05) is 44.1 Å². The lowest BCUT2D eigenvalue weighted by Gasteiger charge is -2.27. The van der Waals surface area contributed by atoms with E-state index in [1.807, 2.05) is 6.07 Å². The molecule has 0 aliphatic heterocycles. The molecule has 0 aliphatic rings. The summed E-state index contributed by atoms with van der Waals surface area (Å²) in [4.78, 5) is 3.02. The largest absolute Gasteiger partial charge is 0.389 e. The quantitative estimate of drug-likeness (QED) is 0.579. The summed E-state index contributed by atoms with van der Waals surface area (Å²) in [5.41, 5.74) is 9.29. The fourth-order valence-electron chi connectivity index (χ4n) is 2.33. The summed E-state index contributed by atoms with van der Waals surface area (Å²) in [6.45, 7) is 11.1. The van der Waals surface area contributed by atoms with Gasteiger partial charge in [0, 0.05) is 18.2 Å². The molecule has 0 saturated heterocycles. The van der Waals surface area contributed by atoms with E-state index in [9.17, 15) is 0 Å². The average molecular weight is 292 g/mol. The molecular weight excluding hydrogens is 264 g/mol. The van der Waals surface area contributed by atoms with Crippen LogP contribution >= 0.6 is 12.2 Å². The predicted octanol–water partition coefficient (Wildman–Crippen LogP) is 4.03. The number of hydrogen-bond donors (Lipinski definition) is 1. The van der Waals surface area contributed by atoms with Crippen LogP contribution in [0.25, 0.3) is 0 Å². The number of aryl methyl sites for hydroxylation is 1. The standard InChI is InChI=1S/C17H28N2S/c1-5-6-7-10-19(13(2)3)12-16-9-8-15(17(18)20)11-14(16)4/h8-9,11,13H,5-7,10,12H2,1-4H3,(H2,18,20). The molecule has 2 nitrogen and oxygen atoms in total. The summed E-state index contributed by atoms with van der Waals surface area (Å²) in [7, 11) is 0. The van der Waals surface area contributed by atoms with Crippen molar-refractivity contribution in [2.45, 2.75) is 59.5 Å². The Kier molecular flexibility index (Phi) is 7.17. The number of nitrogens with zero attached hydrogens (tertiary/aromatic N) is 1. The second-order valence-corrected chi connectivity index (χ2v) is 6.22. The second-order valence-electron chi connectivity index (χ2n) is 5.78. The van der Waals surface area contributed by atoms with Crippen LogP contribution in [0.1, 0.15) is 56.7 Å². The van der Waals surface area contributed by atoms with Crippen molar-refractivity contribution < 1.29 is 0 Å². The Morgan fingerprint density at radius 2 is 2.00 bits per heavy atom. The highest BCUT2D eigenvalue weighted by Gasteiger charge is 2.11. The van der Waals surface area contributed by atoms with E-state index in [4.69, 9.17) is 18.0 Å². The molecule has 0 amide bonds. The molecule has 0 unspecified atom stereocenters. The molecule has 0 fully saturated rings. The normalized spacial score (nSPS) is 11.3. The third-order valence-electron chi connectivity index (χ3n) is 3.78. The SMILES string of the molecule is CCCCCN(Cc1ccc(C(N)=S)cc1C)C(C)C. The molecular formula is C17H28N2S. The summed E-state index contributed by atoms with van der Waals surface area (Å²) in [6.07, 6.45) is 3.86. The molecule has 0 spiro atoms. The van der Waals surface area contributed by atoms with Gasteiger partial charge in [-0.15, -0.1) is 0 Å². The third-order valence-corrected chi connectivity index (χ3v) is 4.02. The Hall–Kier alpha value is -0.930. The first-order valence-corrected chi connectivity index (χ1v) is 8.00. The van der Waals surface area contributed by atoms with Crippen LogP contribution in [-0.2, 0) is 6.54 Å². The molecule has 0 aromatic heterocycles. The fourth-order valence-corrected chi connectivity index (χ4v) is 2.46. The first kappa shape index (κ1) is 17.1. The van der Waals surface area contributed by atoms with Crippen molar-refractivity contribution in [3.63, 3.8) is 0 Å². The van der Waals surface area contributed by atoms with Gasteiger partial charge in [-0.25, -0.2) is 0 Å². The molecule has 2 N–H and O–H groups in total. The van der Waals surface area contributed by atoms with Gasteiger partial charge in [0.25, 0.3) is 0 Å². The van der Waals surface area contributed by atoms with Crippen LogP contribution in [0.2, 0.25) is 0 Å². The van der Waals surface area contributed by atoms with Crippen molar-refractivity contribution in [2.75, 3.05) is 6.54 Å². The van der Waals surface area contributed by atoms with Gasteiger partial charge in [-0.3, -0.25) is 4.90 Å².